The highest BCUT2D eigenvalue weighted by Crippen LogP contribution is 2.22. The lowest BCUT2D eigenvalue weighted by molar-refractivity contribution is 0.628. The molecule has 5 N–H and O–H groups in total. The van der Waals surface area contributed by atoms with E-state index in [0.717, 1.165) is 11.1 Å². The maximum atomic E-state index is 13.1. The van der Waals surface area contributed by atoms with E-state index in [0.29, 0.717) is 29.0 Å². The number of rotatable bonds is 3. The van der Waals surface area contributed by atoms with E-state index in [9.17, 15) is 4.39 Å². The molecule has 0 aliphatic carbocycles. The number of aromatic nitrogens is 4. The Kier molecular flexibility index (Phi) is 4.81. The van der Waals surface area contributed by atoms with Crippen molar-refractivity contribution in [3.8, 4) is 11.3 Å². The van der Waals surface area contributed by atoms with E-state index < -0.39 is 0 Å². The predicted octanol–water partition coefficient (Wildman–Crippen LogP) is 3.56. The van der Waals surface area contributed by atoms with E-state index in [2.05, 4.69) is 19.9 Å². The third kappa shape index (κ3) is 3.47. The number of hydrogen-bond donors (Lipinski definition) is 2. The molecule has 0 spiro atoms. The highest BCUT2D eigenvalue weighted by atomic mass is 19.1. The topological polar surface area (TPSA) is 113 Å². The zero-order valence-corrected chi connectivity index (χ0v) is 13.9. The van der Waals surface area contributed by atoms with E-state index in [1.807, 2.05) is 30.3 Å². The van der Waals surface area contributed by atoms with Crippen LogP contribution in [0.4, 0.5) is 10.3 Å². The number of nitrogens with two attached hydrogens (primary N) is 1. The van der Waals surface area contributed by atoms with Crippen molar-refractivity contribution in [2.24, 2.45) is 0 Å². The van der Waals surface area contributed by atoms with Crippen LogP contribution in [0.3, 0.4) is 0 Å². The molecule has 26 heavy (non-hydrogen) atoms. The maximum absolute atomic E-state index is 13.1. The van der Waals surface area contributed by atoms with Crippen LogP contribution in [0.5, 0.6) is 0 Å². The lowest BCUT2D eigenvalue weighted by Gasteiger charge is -2.08. The summed E-state index contributed by atoms with van der Waals surface area (Å²) >= 11 is 0. The van der Waals surface area contributed by atoms with Crippen LogP contribution in [0.2, 0.25) is 0 Å². The first-order valence-corrected chi connectivity index (χ1v) is 7.78. The minimum Gasteiger partial charge on any atom is -0.368 e. The zero-order chi connectivity index (χ0) is 17.2. The van der Waals surface area contributed by atoms with Crippen LogP contribution in [-0.4, -0.2) is 19.9 Å². The van der Waals surface area contributed by atoms with Crippen molar-refractivity contribution in [2.45, 2.75) is 6.42 Å². The Hall–Kier alpha value is -3.45. The number of fused-ring (bicyclic) bond motifs is 1. The minimum atomic E-state index is -0.293. The summed E-state index contributed by atoms with van der Waals surface area (Å²) in [7, 11) is 0. The van der Waals surface area contributed by atoms with Crippen LogP contribution < -0.4 is 11.9 Å². The van der Waals surface area contributed by atoms with Gasteiger partial charge in [-0.15, -0.1) is 0 Å². The van der Waals surface area contributed by atoms with Gasteiger partial charge >= 0.3 is 0 Å². The molecule has 0 saturated heterocycles. The molecule has 6 nitrogen and oxygen atoms in total. The number of hydrogen-bond acceptors (Lipinski definition) is 6. The van der Waals surface area contributed by atoms with Gasteiger partial charge in [-0.2, -0.15) is 4.98 Å². The van der Waals surface area contributed by atoms with Gasteiger partial charge < -0.3 is 11.9 Å². The number of nitrogens with zero attached hydrogens (tertiary/aromatic N) is 4. The van der Waals surface area contributed by atoms with Gasteiger partial charge in [0.1, 0.15) is 11.3 Å². The van der Waals surface area contributed by atoms with Gasteiger partial charge in [0.25, 0.3) is 0 Å². The zero-order valence-electron chi connectivity index (χ0n) is 13.9. The standard InChI is InChI=1S/C19H14FN5.H3N/c20-14-8-6-13(7-9-14)16-11-22-18-17(23-16)15(24-19(21)25-18)10-12-4-2-1-3-5-12;/h1-9,11H,10H2,(H2,21,22,24,25);1H3. The maximum Gasteiger partial charge on any atom is 0.222 e. The van der Waals surface area contributed by atoms with Crippen LogP contribution in [0, 0.1) is 5.82 Å². The summed E-state index contributed by atoms with van der Waals surface area (Å²) in [4.78, 5) is 17.5. The Morgan fingerprint density at radius 1 is 0.885 bits per heavy atom. The summed E-state index contributed by atoms with van der Waals surface area (Å²) in [5, 5.41) is 0. The minimum absolute atomic E-state index is 0. The summed E-state index contributed by atoms with van der Waals surface area (Å²) in [6.07, 6.45) is 2.18. The second kappa shape index (κ2) is 7.20. The third-order valence-corrected chi connectivity index (χ3v) is 3.85. The number of nitrogen functional groups attached to an aromatic ring is 1. The predicted molar refractivity (Wildman–Crippen MR) is 99.2 cm³/mol. The van der Waals surface area contributed by atoms with E-state index in [-0.39, 0.29) is 17.9 Å². The molecule has 0 aliphatic rings. The Balaban J connectivity index is 0.00000196. The molecule has 0 amide bonds. The first-order valence-electron chi connectivity index (χ1n) is 7.78. The Morgan fingerprint density at radius 3 is 2.35 bits per heavy atom. The molecule has 2 aromatic carbocycles. The van der Waals surface area contributed by atoms with Crippen LogP contribution in [0.25, 0.3) is 22.4 Å². The van der Waals surface area contributed by atoms with Gasteiger partial charge in [-0.05, 0) is 29.8 Å². The first-order chi connectivity index (χ1) is 12.2. The van der Waals surface area contributed by atoms with E-state index in [1.165, 1.54) is 12.1 Å². The van der Waals surface area contributed by atoms with Gasteiger partial charge in [-0.25, -0.2) is 19.3 Å². The first kappa shape index (κ1) is 17.4. The van der Waals surface area contributed by atoms with Gasteiger partial charge in [-0.1, -0.05) is 30.3 Å². The molecule has 4 rings (SSSR count). The number of anilines is 1. The van der Waals surface area contributed by atoms with Crippen molar-refractivity contribution in [2.75, 3.05) is 5.73 Å². The summed E-state index contributed by atoms with van der Waals surface area (Å²) < 4.78 is 13.1. The fourth-order valence-electron chi connectivity index (χ4n) is 2.66. The quantitative estimate of drug-likeness (QED) is 0.585. The molecule has 0 atom stereocenters. The molecule has 2 heterocycles. The van der Waals surface area contributed by atoms with E-state index in [1.54, 1.807) is 18.3 Å². The molecule has 7 heteroatoms. The van der Waals surface area contributed by atoms with Crippen molar-refractivity contribution in [3.63, 3.8) is 0 Å². The lowest BCUT2D eigenvalue weighted by atomic mass is 10.1. The highest BCUT2D eigenvalue weighted by molar-refractivity contribution is 5.77. The van der Waals surface area contributed by atoms with Gasteiger partial charge in [0.2, 0.25) is 5.95 Å². The van der Waals surface area contributed by atoms with Gasteiger partial charge in [0, 0.05) is 12.0 Å². The second-order valence-corrected chi connectivity index (χ2v) is 5.63. The summed E-state index contributed by atoms with van der Waals surface area (Å²) in [5.41, 5.74) is 10.1. The Labute approximate surface area is 149 Å². The average molecular weight is 348 g/mol. The van der Waals surface area contributed by atoms with Gasteiger partial charge in [0.05, 0.1) is 17.6 Å². The van der Waals surface area contributed by atoms with Crippen LogP contribution >= 0.6 is 0 Å². The summed E-state index contributed by atoms with van der Waals surface area (Å²) in [6, 6.07) is 16.1. The van der Waals surface area contributed by atoms with Gasteiger partial charge in [0.15, 0.2) is 5.65 Å². The van der Waals surface area contributed by atoms with E-state index in [4.69, 9.17) is 5.73 Å². The Bertz CT molecular complexity index is 1040. The smallest absolute Gasteiger partial charge is 0.222 e. The molecule has 0 saturated carbocycles. The lowest BCUT2D eigenvalue weighted by Crippen LogP contribution is -2.04. The molecule has 130 valence electrons. The summed E-state index contributed by atoms with van der Waals surface area (Å²) in [6.45, 7) is 0. The third-order valence-electron chi connectivity index (χ3n) is 3.85. The fourth-order valence-corrected chi connectivity index (χ4v) is 2.66. The van der Waals surface area contributed by atoms with Gasteiger partial charge in [-0.3, -0.25) is 0 Å². The molecule has 2 aromatic heterocycles. The average Bonchev–Trinajstić information content (AvgIpc) is 2.63. The fraction of sp³-hybridized carbons (Fsp3) is 0.0526. The highest BCUT2D eigenvalue weighted by Gasteiger charge is 2.12. The van der Waals surface area contributed by atoms with Crippen molar-refractivity contribution in [1.82, 2.24) is 26.1 Å². The van der Waals surface area contributed by atoms with Crippen molar-refractivity contribution in [3.05, 3.63) is 77.9 Å². The molecule has 0 unspecified atom stereocenters. The molecular formula is C19H17FN6. The molecule has 0 radical (unpaired) electrons. The number of benzene rings is 2. The van der Waals surface area contributed by atoms with Crippen LogP contribution in [-0.2, 0) is 6.42 Å². The molecule has 0 bridgehead atoms. The van der Waals surface area contributed by atoms with Crippen molar-refractivity contribution in [1.29, 1.82) is 0 Å². The molecule has 0 aliphatic heterocycles. The largest absolute Gasteiger partial charge is 0.368 e. The van der Waals surface area contributed by atoms with Crippen LogP contribution in [0.1, 0.15) is 11.3 Å². The Morgan fingerprint density at radius 2 is 1.62 bits per heavy atom. The molecular weight excluding hydrogens is 331 g/mol. The second-order valence-electron chi connectivity index (χ2n) is 5.63. The van der Waals surface area contributed by atoms with Crippen molar-refractivity contribution < 1.29 is 4.39 Å². The van der Waals surface area contributed by atoms with Crippen molar-refractivity contribution >= 4 is 17.1 Å². The van der Waals surface area contributed by atoms with Crippen LogP contribution in [0.15, 0.2) is 60.8 Å². The van der Waals surface area contributed by atoms with E-state index >= 15 is 0 Å². The normalized spacial score (nSPS) is 10.5. The number of halogens is 1. The SMILES string of the molecule is N.Nc1nc(Cc2ccccc2)c2nc(-c3ccc(F)cc3)cnc2n1. The summed E-state index contributed by atoms with van der Waals surface area (Å²) in [5.74, 6) is -0.124. The molecule has 0 fully saturated rings. The monoisotopic (exact) mass is 348 g/mol. The molecule has 4 aromatic rings.